The van der Waals surface area contributed by atoms with Gasteiger partial charge in [-0.05, 0) is 5.56 Å². The van der Waals surface area contributed by atoms with Gasteiger partial charge >= 0.3 is 0 Å². The summed E-state index contributed by atoms with van der Waals surface area (Å²) in [5, 5.41) is 8.92. The normalized spacial score (nSPS) is 15.2. The van der Waals surface area contributed by atoms with E-state index in [0.717, 1.165) is 5.56 Å². The second-order valence-electron chi connectivity index (χ2n) is 2.51. The molecule has 0 aliphatic rings. The van der Waals surface area contributed by atoms with Gasteiger partial charge in [0.05, 0.1) is 12.6 Å². The average Bonchev–Trinajstić information content (AvgIpc) is 2.15. The Bertz CT molecular complexity index is 278. The van der Waals surface area contributed by atoms with Gasteiger partial charge in [-0.25, -0.2) is 8.93 Å². The van der Waals surface area contributed by atoms with Crippen molar-refractivity contribution in [3.05, 3.63) is 35.9 Å². The zero-order valence-electron chi connectivity index (χ0n) is 6.88. The van der Waals surface area contributed by atoms with Crippen molar-refractivity contribution in [2.45, 2.75) is 6.04 Å². The highest BCUT2D eigenvalue weighted by molar-refractivity contribution is 7.77. The van der Waals surface area contributed by atoms with Crippen molar-refractivity contribution in [1.82, 2.24) is 4.72 Å². The molecule has 1 rings (SSSR count). The molecule has 0 saturated carbocycles. The molecule has 0 aromatic heterocycles. The van der Waals surface area contributed by atoms with Crippen LogP contribution in [0.4, 0.5) is 0 Å². The van der Waals surface area contributed by atoms with Gasteiger partial charge in [-0.15, -0.1) is 0 Å². The molecule has 2 atom stereocenters. The summed E-state index contributed by atoms with van der Waals surface area (Å²) in [6, 6.07) is 8.52. The highest BCUT2D eigenvalue weighted by Crippen LogP contribution is 2.11. The minimum absolute atomic E-state index is 0.212. The lowest BCUT2D eigenvalue weighted by Gasteiger charge is -2.12. The summed E-state index contributed by atoms with van der Waals surface area (Å²) in [7, 11) is 0. The summed E-state index contributed by atoms with van der Waals surface area (Å²) >= 11 is -2.11. The predicted octanol–water partition coefficient (Wildman–Crippen LogP) is 0.446. The molecule has 0 radical (unpaired) electrons. The maximum absolute atomic E-state index is 10.4. The summed E-state index contributed by atoms with van der Waals surface area (Å²) in [5.41, 5.74) is 0.785. The molecular formula is C8H11NO3S. The Labute approximate surface area is 79.0 Å². The van der Waals surface area contributed by atoms with Gasteiger partial charge in [-0.2, -0.15) is 0 Å². The largest absolute Gasteiger partial charge is 0.394 e. The Balaban J connectivity index is 2.73. The van der Waals surface area contributed by atoms with Gasteiger partial charge < -0.3 is 5.11 Å². The molecule has 0 amide bonds. The molecule has 0 spiro atoms. The molecule has 0 saturated heterocycles. The highest BCUT2D eigenvalue weighted by atomic mass is 32.2. The molecule has 13 heavy (non-hydrogen) atoms. The van der Waals surface area contributed by atoms with Crippen LogP contribution < -0.4 is 4.72 Å². The first-order valence-corrected chi connectivity index (χ1v) is 4.87. The zero-order chi connectivity index (χ0) is 9.68. The fraction of sp³-hybridized carbons (Fsp3) is 0.250. The number of benzene rings is 1. The lowest BCUT2D eigenvalue weighted by molar-refractivity contribution is 0.258. The second kappa shape index (κ2) is 5.08. The van der Waals surface area contributed by atoms with E-state index in [1.54, 1.807) is 24.3 Å². The van der Waals surface area contributed by atoms with E-state index < -0.39 is 17.3 Å². The SMILES string of the molecule is O=S(O)NC(CO)c1ccccc1. The van der Waals surface area contributed by atoms with Crippen LogP contribution in [0.1, 0.15) is 11.6 Å². The topological polar surface area (TPSA) is 69.6 Å². The van der Waals surface area contributed by atoms with Gasteiger partial charge in [0.1, 0.15) is 0 Å². The van der Waals surface area contributed by atoms with Crippen molar-refractivity contribution in [2.24, 2.45) is 0 Å². The molecule has 3 N–H and O–H groups in total. The van der Waals surface area contributed by atoms with Crippen LogP contribution in [0.15, 0.2) is 30.3 Å². The third-order valence-corrected chi connectivity index (χ3v) is 2.11. The van der Waals surface area contributed by atoms with Crippen LogP contribution in [0.2, 0.25) is 0 Å². The molecule has 0 bridgehead atoms. The number of rotatable bonds is 4. The molecule has 0 aliphatic heterocycles. The van der Waals surface area contributed by atoms with Crippen LogP contribution >= 0.6 is 0 Å². The van der Waals surface area contributed by atoms with E-state index in [9.17, 15) is 4.21 Å². The Morgan fingerprint density at radius 1 is 1.38 bits per heavy atom. The number of aliphatic hydroxyl groups is 1. The van der Waals surface area contributed by atoms with Crippen LogP contribution in [0, 0.1) is 0 Å². The summed E-state index contributed by atoms with van der Waals surface area (Å²) in [5.74, 6) is 0. The molecule has 2 unspecified atom stereocenters. The zero-order valence-corrected chi connectivity index (χ0v) is 7.70. The van der Waals surface area contributed by atoms with Gasteiger partial charge in [0.25, 0.3) is 0 Å². The Hall–Kier alpha value is -0.750. The van der Waals surface area contributed by atoms with Crippen molar-refractivity contribution in [2.75, 3.05) is 6.61 Å². The van der Waals surface area contributed by atoms with E-state index in [0.29, 0.717) is 0 Å². The molecular weight excluding hydrogens is 190 g/mol. The number of nitrogens with one attached hydrogen (secondary N) is 1. The standard InChI is InChI=1S/C8H11NO3S/c10-6-8(9-13(11)12)7-4-2-1-3-5-7/h1-5,8-10H,6H2,(H,11,12). The van der Waals surface area contributed by atoms with Crippen LogP contribution in [0.3, 0.4) is 0 Å². The van der Waals surface area contributed by atoms with Gasteiger partial charge in [0.15, 0.2) is 0 Å². The highest BCUT2D eigenvalue weighted by Gasteiger charge is 2.10. The Morgan fingerprint density at radius 3 is 2.46 bits per heavy atom. The predicted molar refractivity (Wildman–Crippen MR) is 50.2 cm³/mol. The molecule has 1 aromatic carbocycles. The minimum atomic E-state index is -2.11. The van der Waals surface area contributed by atoms with E-state index in [-0.39, 0.29) is 6.61 Å². The van der Waals surface area contributed by atoms with Crippen molar-refractivity contribution in [3.8, 4) is 0 Å². The first kappa shape index (κ1) is 10.3. The van der Waals surface area contributed by atoms with Gasteiger partial charge in [-0.1, -0.05) is 30.3 Å². The van der Waals surface area contributed by atoms with E-state index in [2.05, 4.69) is 4.72 Å². The molecule has 0 fully saturated rings. The quantitative estimate of drug-likeness (QED) is 0.619. The lowest BCUT2D eigenvalue weighted by Crippen LogP contribution is -2.25. The fourth-order valence-corrected chi connectivity index (χ4v) is 1.47. The first-order chi connectivity index (χ1) is 6.24. The third kappa shape index (κ3) is 3.23. The van der Waals surface area contributed by atoms with Gasteiger partial charge in [-0.3, -0.25) is 4.55 Å². The van der Waals surface area contributed by atoms with Crippen LogP contribution in [-0.2, 0) is 11.3 Å². The van der Waals surface area contributed by atoms with Crippen LogP contribution in [0.25, 0.3) is 0 Å². The number of hydrogen-bond donors (Lipinski definition) is 3. The monoisotopic (exact) mass is 201 g/mol. The lowest BCUT2D eigenvalue weighted by atomic mass is 10.1. The third-order valence-electron chi connectivity index (χ3n) is 1.63. The summed E-state index contributed by atoms with van der Waals surface area (Å²) in [6.45, 7) is -0.212. The minimum Gasteiger partial charge on any atom is -0.394 e. The molecule has 0 aliphatic carbocycles. The van der Waals surface area contributed by atoms with Gasteiger partial charge in [0.2, 0.25) is 11.3 Å². The second-order valence-corrected chi connectivity index (χ2v) is 3.25. The van der Waals surface area contributed by atoms with E-state index in [1.807, 2.05) is 6.07 Å². The summed E-state index contributed by atoms with van der Waals surface area (Å²) in [6.07, 6.45) is 0. The molecule has 0 heterocycles. The Kier molecular flexibility index (Phi) is 4.04. The molecule has 72 valence electrons. The van der Waals surface area contributed by atoms with Crippen molar-refractivity contribution in [3.63, 3.8) is 0 Å². The summed E-state index contributed by atoms with van der Waals surface area (Å²) in [4.78, 5) is 0. The van der Waals surface area contributed by atoms with Crippen molar-refractivity contribution >= 4 is 11.3 Å². The van der Waals surface area contributed by atoms with Crippen LogP contribution in [0.5, 0.6) is 0 Å². The van der Waals surface area contributed by atoms with Crippen LogP contribution in [-0.4, -0.2) is 20.5 Å². The smallest absolute Gasteiger partial charge is 0.232 e. The van der Waals surface area contributed by atoms with E-state index >= 15 is 0 Å². The average molecular weight is 201 g/mol. The number of hydrogen-bond acceptors (Lipinski definition) is 2. The Morgan fingerprint density at radius 2 is 2.00 bits per heavy atom. The van der Waals surface area contributed by atoms with E-state index in [1.165, 1.54) is 0 Å². The fourth-order valence-electron chi connectivity index (χ4n) is 1.02. The van der Waals surface area contributed by atoms with E-state index in [4.69, 9.17) is 9.66 Å². The summed E-state index contributed by atoms with van der Waals surface area (Å²) < 4.78 is 21.3. The van der Waals surface area contributed by atoms with Crippen molar-refractivity contribution < 1.29 is 13.9 Å². The first-order valence-electron chi connectivity index (χ1n) is 3.77. The van der Waals surface area contributed by atoms with Crippen molar-refractivity contribution in [1.29, 1.82) is 0 Å². The molecule has 4 nitrogen and oxygen atoms in total. The molecule has 5 heteroatoms. The maximum atomic E-state index is 10.4. The maximum Gasteiger partial charge on any atom is 0.232 e. The molecule has 1 aromatic rings. The number of aliphatic hydroxyl groups excluding tert-OH is 1. The van der Waals surface area contributed by atoms with Gasteiger partial charge in [0, 0.05) is 0 Å².